The number of hydrogen-bond acceptors (Lipinski definition) is 4. The SMILES string of the molecule is CC[C@H](C)N(Cc1csc(COc2ccccc2)n1)C(C)=O. The van der Waals surface area contributed by atoms with E-state index < -0.39 is 0 Å². The third kappa shape index (κ3) is 4.56. The fourth-order valence-electron chi connectivity index (χ4n) is 2.12. The molecule has 0 bridgehead atoms. The highest BCUT2D eigenvalue weighted by molar-refractivity contribution is 7.09. The van der Waals surface area contributed by atoms with Crippen LogP contribution in [-0.4, -0.2) is 21.8 Å². The first kappa shape index (κ1) is 16.5. The van der Waals surface area contributed by atoms with Crippen molar-refractivity contribution in [3.63, 3.8) is 0 Å². The molecule has 0 aliphatic heterocycles. The molecular formula is C17H22N2O2S. The number of para-hydroxylation sites is 1. The number of thiazole rings is 1. The molecule has 5 heteroatoms. The molecular weight excluding hydrogens is 296 g/mol. The van der Waals surface area contributed by atoms with E-state index in [1.165, 1.54) is 0 Å². The van der Waals surface area contributed by atoms with E-state index in [4.69, 9.17) is 4.74 Å². The monoisotopic (exact) mass is 318 g/mol. The molecule has 2 rings (SSSR count). The van der Waals surface area contributed by atoms with Crippen LogP contribution in [0.15, 0.2) is 35.7 Å². The Hall–Kier alpha value is -1.88. The van der Waals surface area contributed by atoms with Gasteiger partial charge in [0.2, 0.25) is 5.91 Å². The van der Waals surface area contributed by atoms with Gasteiger partial charge in [0.05, 0.1) is 12.2 Å². The number of carbonyl (C=O) groups excluding carboxylic acids is 1. The molecule has 0 N–H and O–H groups in total. The average molecular weight is 318 g/mol. The predicted octanol–water partition coefficient (Wildman–Crippen LogP) is 3.87. The first-order chi connectivity index (χ1) is 10.6. The van der Waals surface area contributed by atoms with Crippen LogP contribution in [0.1, 0.15) is 37.9 Å². The van der Waals surface area contributed by atoms with Crippen LogP contribution in [0, 0.1) is 0 Å². The summed E-state index contributed by atoms with van der Waals surface area (Å²) in [4.78, 5) is 18.2. The summed E-state index contributed by atoms with van der Waals surface area (Å²) in [6, 6.07) is 9.92. The van der Waals surface area contributed by atoms with Crippen LogP contribution in [0.5, 0.6) is 5.75 Å². The van der Waals surface area contributed by atoms with Gasteiger partial charge in [-0.1, -0.05) is 25.1 Å². The van der Waals surface area contributed by atoms with Crippen molar-refractivity contribution < 1.29 is 9.53 Å². The number of carbonyl (C=O) groups is 1. The molecule has 118 valence electrons. The zero-order valence-electron chi connectivity index (χ0n) is 13.3. The van der Waals surface area contributed by atoms with Gasteiger partial charge in [0.15, 0.2) is 0 Å². The van der Waals surface area contributed by atoms with Crippen molar-refractivity contribution in [2.75, 3.05) is 0 Å². The molecule has 0 fully saturated rings. The van der Waals surface area contributed by atoms with E-state index in [0.29, 0.717) is 13.2 Å². The Morgan fingerprint density at radius 3 is 2.73 bits per heavy atom. The molecule has 0 aliphatic carbocycles. The lowest BCUT2D eigenvalue weighted by atomic mass is 10.2. The first-order valence-electron chi connectivity index (χ1n) is 7.48. The molecule has 1 aromatic heterocycles. The minimum Gasteiger partial charge on any atom is -0.486 e. The maximum Gasteiger partial charge on any atom is 0.220 e. The lowest BCUT2D eigenvalue weighted by molar-refractivity contribution is -0.131. The number of nitrogens with zero attached hydrogens (tertiary/aromatic N) is 2. The summed E-state index contributed by atoms with van der Waals surface area (Å²) in [5.41, 5.74) is 0.923. The number of hydrogen-bond donors (Lipinski definition) is 0. The second kappa shape index (κ2) is 7.94. The van der Waals surface area contributed by atoms with E-state index in [-0.39, 0.29) is 11.9 Å². The van der Waals surface area contributed by atoms with Crippen molar-refractivity contribution in [2.24, 2.45) is 0 Å². The molecule has 1 heterocycles. The van der Waals surface area contributed by atoms with E-state index in [1.54, 1.807) is 18.3 Å². The normalized spacial score (nSPS) is 12.0. The second-order valence-electron chi connectivity index (χ2n) is 5.24. The molecule has 0 aliphatic rings. The molecule has 1 atom stereocenters. The highest BCUT2D eigenvalue weighted by atomic mass is 32.1. The summed E-state index contributed by atoms with van der Waals surface area (Å²) in [5.74, 6) is 0.925. The van der Waals surface area contributed by atoms with Crippen molar-refractivity contribution in [3.8, 4) is 5.75 Å². The minimum absolute atomic E-state index is 0.0874. The molecule has 4 nitrogen and oxygen atoms in total. The highest BCUT2D eigenvalue weighted by Gasteiger charge is 2.17. The smallest absolute Gasteiger partial charge is 0.220 e. The van der Waals surface area contributed by atoms with Crippen molar-refractivity contribution in [1.29, 1.82) is 0 Å². The predicted molar refractivity (Wildman–Crippen MR) is 88.9 cm³/mol. The van der Waals surface area contributed by atoms with Gasteiger partial charge in [-0.2, -0.15) is 0 Å². The molecule has 2 aromatic rings. The van der Waals surface area contributed by atoms with Gasteiger partial charge in [0.1, 0.15) is 17.4 Å². The number of benzene rings is 1. The molecule has 0 spiro atoms. The van der Waals surface area contributed by atoms with Gasteiger partial charge in [-0.25, -0.2) is 4.98 Å². The van der Waals surface area contributed by atoms with E-state index in [1.807, 2.05) is 40.6 Å². The largest absolute Gasteiger partial charge is 0.486 e. The maximum absolute atomic E-state index is 11.7. The fourth-order valence-corrected chi connectivity index (χ4v) is 2.82. The molecule has 1 aromatic carbocycles. The molecule has 0 saturated heterocycles. The Bertz CT molecular complexity index is 598. The van der Waals surface area contributed by atoms with Gasteiger partial charge >= 0.3 is 0 Å². The lowest BCUT2D eigenvalue weighted by Gasteiger charge is -2.26. The second-order valence-corrected chi connectivity index (χ2v) is 6.18. The zero-order chi connectivity index (χ0) is 15.9. The van der Waals surface area contributed by atoms with Crippen molar-refractivity contribution in [2.45, 2.75) is 46.4 Å². The van der Waals surface area contributed by atoms with Crippen LogP contribution in [0.2, 0.25) is 0 Å². The first-order valence-corrected chi connectivity index (χ1v) is 8.36. The lowest BCUT2D eigenvalue weighted by Crippen LogP contribution is -2.36. The van der Waals surface area contributed by atoms with Crippen molar-refractivity contribution in [1.82, 2.24) is 9.88 Å². The van der Waals surface area contributed by atoms with E-state index in [0.717, 1.165) is 22.9 Å². The van der Waals surface area contributed by atoms with Crippen LogP contribution in [0.3, 0.4) is 0 Å². The van der Waals surface area contributed by atoms with Crippen LogP contribution in [-0.2, 0) is 17.9 Å². The topological polar surface area (TPSA) is 42.4 Å². The number of rotatable bonds is 7. The molecule has 0 unspecified atom stereocenters. The quantitative estimate of drug-likeness (QED) is 0.778. The van der Waals surface area contributed by atoms with E-state index >= 15 is 0 Å². The number of ether oxygens (including phenoxy) is 1. The zero-order valence-corrected chi connectivity index (χ0v) is 14.1. The maximum atomic E-state index is 11.7. The summed E-state index contributed by atoms with van der Waals surface area (Å²) < 4.78 is 5.69. The molecule has 0 radical (unpaired) electrons. The van der Waals surface area contributed by atoms with Crippen LogP contribution in [0.4, 0.5) is 0 Å². The van der Waals surface area contributed by atoms with Gasteiger partial charge in [-0.15, -0.1) is 11.3 Å². The summed E-state index contributed by atoms with van der Waals surface area (Å²) in [5, 5.41) is 2.92. The van der Waals surface area contributed by atoms with Crippen molar-refractivity contribution in [3.05, 3.63) is 46.4 Å². The summed E-state index contributed by atoms with van der Waals surface area (Å²) in [6.07, 6.45) is 0.938. The molecule has 0 saturated carbocycles. The van der Waals surface area contributed by atoms with Gasteiger partial charge in [-0.3, -0.25) is 4.79 Å². The minimum atomic E-state index is 0.0874. The Balaban J connectivity index is 1.94. The van der Waals surface area contributed by atoms with Crippen LogP contribution >= 0.6 is 11.3 Å². The molecule has 1 amide bonds. The Kier molecular flexibility index (Phi) is 5.95. The third-order valence-corrected chi connectivity index (χ3v) is 4.44. The standard InChI is InChI=1S/C17H22N2O2S/c1-4-13(2)19(14(3)20)10-15-12-22-17(18-15)11-21-16-8-6-5-7-9-16/h5-9,12-13H,4,10-11H2,1-3H3/t13-/m0/s1. The average Bonchev–Trinajstić information content (AvgIpc) is 2.98. The van der Waals surface area contributed by atoms with Gasteiger partial charge in [-0.05, 0) is 25.5 Å². The third-order valence-electron chi connectivity index (χ3n) is 3.56. The number of amides is 1. The molecule has 22 heavy (non-hydrogen) atoms. The summed E-state index contributed by atoms with van der Waals surface area (Å²) >= 11 is 1.57. The fraction of sp³-hybridized carbons (Fsp3) is 0.412. The van der Waals surface area contributed by atoms with Crippen LogP contribution < -0.4 is 4.74 Å². The Morgan fingerprint density at radius 1 is 1.36 bits per heavy atom. The van der Waals surface area contributed by atoms with Crippen LogP contribution in [0.25, 0.3) is 0 Å². The summed E-state index contributed by atoms with van der Waals surface area (Å²) in [6.45, 7) is 6.77. The summed E-state index contributed by atoms with van der Waals surface area (Å²) in [7, 11) is 0. The Morgan fingerprint density at radius 2 is 2.09 bits per heavy atom. The van der Waals surface area contributed by atoms with E-state index in [2.05, 4.69) is 18.8 Å². The van der Waals surface area contributed by atoms with Crippen molar-refractivity contribution >= 4 is 17.2 Å². The number of aromatic nitrogens is 1. The highest BCUT2D eigenvalue weighted by Crippen LogP contribution is 2.17. The van der Waals surface area contributed by atoms with Gasteiger partial charge < -0.3 is 9.64 Å². The Labute approximate surface area is 135 Å². The van der Waals surface area contributed by atoms with E-state index in [9.17, 15) is 4.79 Å². The van der Waals surface area contributed by atoms with Gasteiger partial charge in [0.25, 0.3) is 0 Å². The van der Waals surface area contributed by atoms with Gasteiger partial charge in [0, 0.05) is 18.3 Å².